The normalized spacial score (nSPS) is 10.6. The fourth-order valence-corrected chi connectivity index (χ4v) is 2.67. The molecule has 3 rings (SSSR count). The van der Waals surface area contributed by atoms with Crippen LogP contribution < -0.4 is 0 Å². The molecule has 0 unspecified atom stereocenters. The Morgan fingerprint density at radius 2 is 1.67 bits per heavy atom. The van der Waals surface area contributed by atoms with Gasteiger partial charge in [-0.3, -0.25) is 4.98 Å². The zero-order valence-corrected chi connectivity index (χ0v) is 12.7. The van der Waals surface area contributed by atoms with Gasteiger partial charge in [-0.05, 0) is 36.2 Å². The van der Waals surface area contributed by atoms with Gasteiger partial charge in [0, 0.05) is 23.5 Å². The average molecular weight is 316 g/mol. The Morgan fingerprint density at radius 1 is 0.905 bits per heavy atom. The zero-order chi connectivity index (χ0) is 14.8. The minimum atomic E-state index is 0.128. The Hall–Kier alpha value is -1.97. The number of aromatic nitrogens is 3. The molecule has 1 aromatic carbocycles. The van der Waals surface area contributed by atoms with Gasteiger partial charge in [-0.25, -0.2) is 9.97 Å². The molecule has 0 atom stereocenters. The van der Waals surface area contributed by atoms with Crippen molar-refractivity contribution in [1.82, 2.24) is 15.0 Å². The van der Waals surface area contributed by atoms with E-state index in [9.17, 15) is 0 Å². The van der Waals surface area contributed by atoms with Crippen LogP contribution in [-0.2, 0) is 0 Å². The van der Waals surface area contributed by atoms with Crippen LogP contribution in [0.25, 0.3) is 22.4 Å². The highest BCUT2D eigenvalue weighted by molar-refractivity contribution is 6.34. The minimum absolute atomic E-state index is 0.128. The van der Waals surface area contributed by atoms with Crippen molar-refractivity contribution in [2.45, 2.75) is 6.92 Å². The molecule has 0 fully saturated rings. The highest BCUT2D eigenvalue weighted by Gasteiger charge is 2.16. The van der Waals surface area contributed by atoms with Crippen LogP contribution in [0.1, 0.15) is 5.56 Å². The molecular weight excluding hydrogens is 305 g/mol. The van der Waals surface area contributed by atoms with Gasteiger partial charge in [0.2, 0.25) is 5.28 Å². The number of hydrogen-bond acceptors (Lipinski definition) is 3. The number of nitrogens with zero attached hydrogens (tertiary/aromatic N) is 3. The average Bonchev–Trinajstić information content (AvgIpc) is 2.47. The second-order valence-corrected chi connectivity index (χ2v) is 5.31. The first-order valence-electron chi connectivity index (χ1n) is 6.35. The van der Waals surface area contributed by atoms with Crippen molar-refractivity contribution < 1.29 is 0 Å². The molecule has 0 spiro atoms. The van der Waals surface area contributed by atoms with E-state index in [1.165, 1.54) is 0 Å². The summed E-state index contributed by atoms with van der Waals surface area (Å²) < 4.78 is 0. The molecule has 0 amide bonds. The number of benzene rings is 1. The number of pyridine rings is 1. The summed E-state index contributed by atoms with van der Waals surface area (Å²) in [5.74, 6) is 0. The Balaban J connectivity index is 2.29. The van der Waals surface area contributed by atoms with Crippen LogP contribution in [0.3, 0.4) is 0 Å². The summed E-state index contributed by atoms with van der Waals surface area (Å²) in [6.07, 6.45) is 3.42. The molecule has 0 radical (unpaired) electrons. The molecule has 3 aromatic rings. The van der Waals surface area contributed by atoms with Gasteiger partial charge < -0.3 is 0 Å². The topological polar surface area (TPSA) is 38.7 Å². The lowest BCUT2D eigenvalue weighted by atomic mass is 10.00. The molecule has 5 heteroatoms. The van der Waals surface area contributed by atoms with Crippen LogP contribution >= 0.6 is 23.2 Å². The molecule has 0 aliphatic rings. The van der Waals surface area contributed by atoms with E-state index < -0.39 is 0 Å². The molecule has 0 aliphatic carbocycles. The third-order valence-electron chi connectivity index (χ3n) is 3.10. The Labute approximate surface area is 132 Å². The second kappa shape index (κ2) is 5.80. The molecule has 21 heavy (non-hydrogen) atoms. The van der Waals surface area contributed by atoms with Crippen molar-refractivity contribution >= 4 is 23.2 Å². The first-order chi connectivity index (χ1) is 10.1. The third kappa shape index (κ3) is 2.89. The van der Waals surface area contributed by atoms with Crippen LogP contribution in [0.5, 0.6) is 0 Å². The van der Waals surface area contributed by atoms with E-state index >= 15 is 0 Å². The predicted octanol–water partition coefficient (Wildman–Crippen LogP) is 4.82. The van der Waals surface area contributed by atoms with E-state index in [0.717, 1.165) is 22.3 Å². The van der Waals surface area contributed by atoms with E-state index in [1.54, 1.807) is 12.4 Å². The van der Waals surface area contributed by atoms with Crippen molar-refractivity contribution in [1.29, 1.82) is 0 Å². The molecule has 0 saturated carbocycles. The number of halogens is 2. The SMILES string of the molecule is Cc1cccc(-c2c(Cl)nc(Cl)nc2-c2ccncc2)c1. The van der Waals surface area contributed by atoms with Crippen LogP contribution in [0, 0.1) is 6.92 Å². The smallest absolute Gasteiger partial charge is 0.224 e. The summed E-state index contributed by atoms with van der Waals surface area (Å²) in [6.45, 7) is 2.03. The summed E-state index contributed by atoms with van der Waals surface area (Å²) in [6, 6.07) is 11.8. The maximum absolute atomic E-state index is 6.32. The Bertz CT molecular complexity index is 789. The summed E-state index contributed by atoms with van der Waals surface area (Å²) in [5.41, 5.74) is 4.47. The second-order valence-electron chi connectivity index (χ2n) is 4.61. The lowest BCUT2D eigenvalue weighted by Gasteiger charge is -2.11. The van der Waals surface area contributed by atoms with Gasteiger partial charge in [0.05, 0.1) is 5.69 Å². The predicted molar refractivity (Wildman–Crippen MR) is 85.5 cm³/mol. The number of rotatable bonds is 2. The molecule has 0 bridgehead atoms. The van der Waals surface area contributed by atoms with E-state index in [1.807, 2.05) is 43.3 Å². The van der Waals surface area contributed by atoms with Crippen LogP contribution in [0.2, 0.25) is 10.4 Å². The van der Waals surface area contributed by atoms with Crippen molar-refractivity contribution in [2.75, 3.05) is 0 Å². The van der Waals surface area contributed by atoms with Gasteiger partial charge in [0.25, 0.3) is 0 Å². The Morgan fingerprint density at radius 3 is 2.38 bits per heavy atom. The highest BCUT2D eigenvalue weighted by atomic mass is 35.5. The van der Waals surface area contributed by atoms with Gasteiger partial charge >= 0.3 is 0 Å². The largest absolute Gasteiger partial charge is 0.265 e. The standard InChI is InChI=1S/C16H11Cl2N3/c1-10-3-2-4-12(9-10)13-14(11-5-7-19-8-6-11)20-16(18)21-15(13)17/h2-9H,1H3. The monoisotopic (exact) mass is 315 g/mol. The summed E-state index contributed by atoms with van der Waals surface area (Å²) in [5, 5.41) is 0.468. The van der Waals surface area contributed by atoms with E-state index in [-0.39, 0.29) is 5.28 Å². The Kier molecular flexibility index (Phi) is 3.86. The first-order valence-corrected chi connectivity index (χ1v) is 7.11. The van der Waals surface area contributed by atoms with E-state index in [2.05, 4.69) is 15.0 Å². The van der Waals surface area contributed by atoms with Crippen molar-refractivity contribution in [3.05, 3.63) is 64.8 Å². The molecule has 104 valence electrons. The fraction of sp³-hybridized carbons (Fsp3) is 0.0625. The first kappa shape index (κ1) is 14.0. The molecule has 2 heterocycles. The quantitative estimate of drug-likeness (QED) is 0.502. The van der Waals surface area contributed by atoms with Gasteiger partial charge in [-0.15, -0.1) is 0 Å². The molecule has 3 nitrogen and oxygen atoms in total. The lowest BCUT2D eigenvalue weighted by molar-refractivity contribution is 1.17. The molecule has 0 saturated heterocycles. The van der Waals surface area contributed by atoms with Gasteiger partial charge in [-0.2, -0.15) is 0 Å². The maximum Gasteiger partial charge on any atom is 0.224 e. The minimum Gasteiger partial charge on any atom is -0.265 e. The van der Waals surface area contributed by atoms with Crippen molar-refractivity contribution in [3.8, 4) is 22.4 Å². The summed E-state index contributed by atoms with van der Waals surface area (Å²) >= 11 is 12.3. The van der Waals surface area contributed by atoms with Crippen molar-refractivity contribution in [3.63, 3.8) is 0 Å². The van der Waals surface area contributed by atoms with Crippen LogP contribution in [-0.4, -0.2) is 15.0 Å². The molecule has 0 N–H and O–H groups in total. The van der Waals surface area contributed by atoms with Gasteiger partial charge in [0.1, 0.15) is 5.15 Å². The van der Waals surface area contributed by atoms with E-state index in [0.29, 0.717) is 10.8 Å². The molecule has 2 aromatic heterocycles. The molecule has 0 aliphatic heterocycles. The fourth-order valence-electron chi connectivity index (χ4n) is 2.18. The van der Waals surface area contributed by atoms with Crippen molar-refractivity contribution in [2.24, 2.45) is 0 Å². The van der Waals surface area contributed by atoms with Gasteiger partial charge in [0.15, 0.2) is 0 Å². The summed E-state index contributed by atoms with van der Waals surface area (Å²) in [7, 11) is 0. The van der Waals surface area contributed by atoms with Crippen LogP contribution in [0.4, 0.5) is 0 Å². The van der Waals surface area contributed by atoms with Gasteiger partial charge in [-0.1, -0.05) is 41.4 Å². The molecular formula is C16H11Cl2N3. The summed E-state index contributed by atoms with van der Waals surface area (Å²) in [4.78, 5) is 12.4. The number of hydrogen-bond donors (Lipinski definition) is 0. The lowest BCUT2D eigenvalue weighted by Crippen LogP contribution is -1.95. The zero-order valence-electron chi connectivity index (χ0n) is 11.2. The number of aryl methyl sites for hydroxylation is 1. The van der Waals surface area contributed by atoms with E-state index in [4.69, 9.17) is 23.2 Å². The maximum atomic E-state index is 6.32. The van der Waals surface area contributed by atoms with Crippen LogP contribution in [0.15, 0.2) is 48.8 Å². The third-order valence-corrected chi connectivity index (χ3v) is 3.54. The highest BCUT2D eigenvalue weighted by Crippen LogP contribution is 2.36.